The molecule has 5 N–H and O–H groups in total. The van der Waals surface area contributed by atoms with Crippen molar-refractivity contribution in [1.29, 1.82) is 0 Å². The van der Waals surface area contributed by atoms with Gasteiger partial charge in [-0.3, -0.25) is 0 Å². The Hall–Kier alpha value is -0.240. The molecule has 0 aliphatic carbocycles. The van der Waals surface area contributed by atoms with Crippen molar-refractivity contribution in [2.24, 2.45) is 0 Å². The molecular formula is C5H10O6. The molecular weight excluding hydrogens is 156 g/mol. The summed E-state index contributed by atoms with van der Waals surface area (Å²) in [6.07, 6.45) is -4.84. The molecule has 6 heteroatoms. The van der Waals surface area contributed by atoms with Crippen LogP contribution in [-0.2, 0) is 4.74 Å². The fourth-order valence-electron chi connectivity index (χ4n) is 0.921. The van der Waals surface area contributed by atoms with E-state index in [4.69, 9.17) is 25.5 Å². The number of rotatable bonds is 1. The van der Waals surface area contributed by atoms with Crippen LogP contribution in [0.4, 0.5) is 0 Å². The summed E-state index contributed by atoms with van der Waals surface area (Å²) in [6, 6.07) is 0. The van der Waals surface area contributed by atoms with Gasteiger partial charge in [0.15, 0.2) is 12.4 Å². The highest BCUT2D eigenvalue weighted by atomic mass is 16.7. The third kappa shape index (κ3) is 1.24. The largest absolute Gasteiger partial charge is 0.393 e. The minimum absolute atomic E-state index is 0.679. The van der Waals surface area contributed by atoms with Gasteiger partial charge in [-0.05, 0) is 0 Å². The van der Waals surface area contributed by atoms with Gasteiger partial charge in [-0.1, -0.05) is 0 Å². The highest BCUT2D eigenvalue weighted by molar-refractivity contribution is 4.91. The molecule has 11 heavy (non-hydrogen) atoms. The van der Waals surface area contributed by atoms with Crippen molar-refractivity contribution < 1.29 is 30.3 Å². The van der Waals surface area contributed by atoms with Crippen LogP contribution in [0.3, 0.4) is 0 Å². The molecule has 0 aromatic heterocycles. The quantitative estimate of drug-likeness (QED) is 0.261. The van der Waals surface area contributed by atoms with Crippen LogP contribution < -0.4 is 0 Å². The van der Waals surface area contributed by atoms with Crippen LogP contribution in [0, 0.1) is 0 Å². The standard InChI is InChI=1S/C5H10O6/c6-1-2-5(9,10)3(7)4(8)11-2/h2-4,6-10H,1H2/t2-,3-,4-/m1/s1. The Kier molecular flexibility index (Phi) is 2.15. The van der Waals surface area contributed by atoms with E-state index in [-0.39, 0.29) is 0 Å². The van der Waals surface area contributed by atoms with Gasteiger partial charge in [0.25, 0.3) is 0 Å². The topological polar surface area (TPSA) is 110 Å². The zero-order valence-corrected chi connectivity index (χ0v) is 5.58. The summed E-state index contributed by atoms with van der Waals surface area (Å²) in [5.41, 5.74) is 0. The van der Waals surface area contributed by atoms with Crippen LogP contribution in [0.5, 0.6) is 0 Å². The van der Waals surface area contributed by atoms with E-state index in [0.717, 1.165) is 0 Å². The summed E-state index contributed by atoms with van der Waals surface area (Å²) >= 11 is 0. The van der Waals surface area contributed by atoms with Crippen LogP contribution in [0.25, 0.3) is 0 Å². The maximum Gasteiger partial charge on any atom is 0.224 e. The summed E-state index contributed by atoms with van der Waals surface area (Å²) in [5.74, 6) is -2.58. The third-order valence-corrected chi connectivity index (χ3v) is 1.65. The molecule has 3 atom stereocenters. The molecule has 1 saturated heterocycles. The minimum atomic E-state index is -2.58. The zero-order chi connectivity index (χ0) is 8.65. The average Bonchev–Trinajstić information content (AvgIpc) is 2.13. The fourth-order valence-corrected chi connectivity index (χ4v) is 0.921. The van der Waals surface area contributed by atoms with Crippen LogP contribution in [0.15, 0.2) is 0 Å². The summed E-state index contributed by atoms with van der Waals surface area (Å²) in [4.78, 5) is 0. The van der Waals surface area contributed by atoms with Gasteiger partial charge < -0.3 is 30.3 Å². The molecule has 1 aliphatic heterocycles. The monoisotopic (exact) mass is 166 g/mol. The molecule has 0 unspecified atom stereocenters. The maximum absolute atomic E-state index is 8.95. The number of hydrogen-bond acceptors (Lipinski definition) is 6. The molecule has 0 bridgehead atoms. The van der Waals surface area contributed by atoms with Crippen molar-refractivity contribution in [3.63, 3.8) is 0 Å². The van der Waals surface area contributed by atoms with Crippen molar-refractivity contribution in [3.05, 3.63) is 0 Å². The van der Waals surface area contributed by atoms with Gasteiger partial charge in [0.05, 0.1) is 6.61 Å². The van der Waals surface area contributed by atoms with Crippen LogP contribution in [-0.4, -0.2) is 56.4 Å². The Bertz CT molecular complexity index is 146. The molecule has 0 amide bonds. The van der Waals surface area contributed by atoms with E-state index < -0.39 is 30.9 Å². The molecule has 1 rings (SSSR count). The molecule has 1 heterocycles. The van der Waals surface area contributed by atoms with Gasteiger partial charge in [0.2, 0.25) is 5.79 Å². The zero-order valence-electron chi connectivity index (χ0n) is 5.58. The maximum atomic E-state index is 8.95. The summed E-state index contributed by atoms with van der Waals surface area (Å²) < 4.78 is 4.39. The lowest BCUT2D eigenvalue weighted by Crippen LogP contribution is -2.49. The first-order valence-corrected chi connectivity index (χ1v) is 3.07. The number of aliphatic hydroxyl groups excluding tert-OH is 3. The van der Waals surface area contributed by atoms with E-state index in [1.165, 1.54) is 0 Å². The Balaban J connectivity index is 2.74. The summed E-state index contributed by atoms with van der Waals surface area (Å²) in [7, 11) is 0. The van der Waals surface area contributed by atoms with Crippen LogP contribution in [0.1, 0.15) is 0 Å². The molecule has 0 aromatic carbocycles. The van der Waals surface area contributed by atoms with Gasteiger partial charge in [-0.15, -0.1) is 0 Å². The van der Waals surface area contributed by atoms with Crippen molar-refractivity contribution >= 4 is 0 Å². The lowest BCUT2D eigenvalue weighted by molar-refractivity contribution is -0.235. The first kappa shape index (κ1) is 8.85. The normalized spacial score (nSPS) is 42.8. The predicted molar refractivity (Wildman–Crippen MR) is 31.1 cm³/mol. The van der Waals surface area contributed by atoms with E-state index in [1.807, 2.05) is 0 Å². The molecule has 0 saturated carbocycles. The van der Waals surface area contributed by atoms with E-state index in [0.29, 0.717) is 0 Å². The Labute approximate surface area is 62.3 Å². The third-order valence-electron chi connectivity index (χ3n) is 1.65. The summed E-state index contributed by atoms with van der Waals surface area (Å²) in [5, 5.41) is 43.9. The second-order valence-corrected chi connectivity index (χ2v) is 2.43. The first-order chi connectivity index (χ1) is 5.00. The average molecular weight is 166 g/mol. The summed E-state index contributed by atoms with van der Waals surface area (Å²) in [6.45, 7) is -0.679. The Morgan fingerprint density at radius 3 is 2.00 bits per heavy atom. The molecule has 66 valence electrons. The van der Waals surface area contributed by atoms with E-state index in [1.54, 1.807) is 0 Å². The van der Waals surface area contributed by atoms with Gasteiger partial charge in [0, 0.05) is 0 Å². The van der Waals surface area contributed by atoms with Gasteiger partial charge in [0.1, 0.15) is 6.10 Å². The first-order valence-electron chi connectivity index (χ1n) is 3.07. The van der Waals surface area contributed by atoms with Gasteiger partial charge in [-0.2, -0.15) is 0 Å². The van der Waals surface area contributed by atoms with Crippen LogP contribution in [0.2, 0.25) is 0 Å². The molecule has 1 fully saturated rings. The highest BCUT2D eigenvalue weighted by Crippen LogP contribution is 2.27. The van der Waals surface area contributed by atoms with Crippen molar-refractivity contribution in [2.45, 2.75) is 24.3 Å². The lowest BCUT2D eigenvalue weighted by atomic mass is 10.1. The molecule has 1 aliphatic rings. The lowest BCUT2D eigenvalue weighted by Gasteiger charge is -2.22. The highest BCUT2D eigenvalue weighted by Gasteiger charge is 2.53. The predicted octanol–water partition coefficient (Wildman–Crippen LogP) is -3.26. The fraction of sp³-hybridized carbons (Fsp3) is 1.00. The smallest absolute Gasteiger partial charge is 0.224 e. The molecule has 6 nitrogen and oxygen atoms in total. The Morgan fingerprint density at radius 1 is 1.27 bits per heavy atom. The van der Waals surface area contributed by atoms with E-state index in [9.17, 15) is 0 Å². The van der Waals surface area contributed by atoms with Crippen molar-refractivity contribution in [3.8, 4) is 0 Å². The molecule has 0 spiro atoms. The van der Waals surface area contributed by atoms with Crippen molar-refractivity contribution in [2.75, 3.05) is 6.61 Å². The number of aliphatic hydroxyl groups is 5. The molecule has 0 aromatic rings. The SMILES string of the molecule is OC[C@H]1O[C@@H](O)[C@@H](O)C1(O)O. The second-order valence-electron chi connectivity index (χ2n) is 2.43. The van der Waals surface area contributed by atoms with Gasteiger partial charge in [-0.25, -0.2) is 0 Å². The van der Waals surface area contributed by atoms with E-state index in [2.05, 4.69) is 4.74 Å². The van der Waals surface area contributed by atoms with Crippen molar-refractivity contribution in [1.82, 2.24) is 0 Å². The van der Waals surface area contributed by atoms with E-state index >= 15 is 0 Å². The minimum Gasteiger partial charge on any atom is -0.393 e. The Morgan fingerprint density at radius 2 is 1.82 bits per heavy atom. The molecule has 0 radical (unpaired) electrons. The second kappa shape index (κ2) is 2.67. The van der Waals surface area contributed by atoms with Crippen LogP contribution >= 0.6 is 0 Å². The number of ether oxygens (including phenoxy) is 1. The van der Waals surface area contributed by atoms with Gasteiger partial charge >= 0.3 is 0 Å². The number of hydrogen-bond donors (Lipinski definition) is 5.